The summed E-state index contributed by atoms with van der Waals surface area (Å²) in [5, 5.41) is 7.64. The minimum atomic E-state index is -4.01. The zero-order chi connectivity index (χ0) is 15.6. The van der Waals surface area contributed by atoms with Gasteiger partial charge in [-0.15, -0.1) is 5.10 Å². The highest BCUT2D eigenvalue weighted by atomic mass is 35.7. The van der Waals surface area contributed by atoms with E-state index < -0.39 is 15.0 Å². The number of aromatic nitrogens is 2. The van der Waals surface area contributed by atoms with E-state index in [1.54, 1.807) is 13.0 Å². The van der Waals surface area contributed by atoms with Crippen LogP contribution in [0.4, 0.5) is 5.69 Å². The Hall–Kier alpha value is -1.71. The smallest absolute Gasteiger partial charge is 0.277 e. The molecule has 0 saturated heterocycles. The Labute approximate surface area is 129 Å². The van der Waals surface area contributed by atoms with Crippen molar-refractivity contribution in [1.29, 1.82) is 0 Å². The van der Waals surface area contributed by atoms with Crippen molar-refractivity contribution >= 4 is 42.9 Å². The Balaban J connectivity index is 2.49. The highest BCUT2D eigenvalue weighted by Gasteiger charge is 2.22. The van der Waals surface area contributed by atoms with Crippen LogP contribution < -0.4 is 10.1 Å². The topological polar surface area (TPSA) is 98.2 Å². The van der Waals surface area contributed by atoms with Crippen LogP contribution in [0.3, 0.4) is 0 Å². The van der Waals surface area contributed by atoms with Gasteiger partial charge < -0.3 is 10.1 Å². The summed E-state index contributed by atoms with van der Waals surface area (Å²) < 4.78 is 31.8. The molecule has 1 N–H and O–H groups in total. The lowest BCUT2D eigenvalue weighted by molar-refractivity contribution is 0.102. The molecule has 1 aromatic carbocycles. The van der Waals surface area contributed by atoms with Crippen molar-refractivity contribution in [3.63, 3.8) is 0 Å². The van der Waals surface area contributed by atoms with Crippen LogP contribution in [-0.4, -0.2) is 31.0 Å². The normalized spacial score (nSPS) is 11.2. The van der Waals surface area contributed by atoms with E-state index in [0.29, 0.717) is 5.56 Å². The van der Waals surface area contributed by atoms with Crippen LogP contribution in [0.5, 0.6) is 5.75 Å². The molecule has 2 rings (SSSR count). The molecular formula is C11H10ClN3O4S2. The molecule has 0 fully saturated rings. The minimum absolute atomic E-state index is 0.0351. The molecular weight excluding hydrogens is 338 g/mol. The molecule has 0 bridgehead atoms. The number of aryl methyl sites for hydroxylation is 1. The van der Waals surface area contributed by atoms with Gasteiger partial charge in [-0.2, -0.15) is 0 Å². The van der Waals surface area contributed by atoms with Gasteiger partial charge in [-0.1, -0.05) is 4.49 Å². The summed E-state index contributed by atoms with van der Waals surface area (Å²) in [6, 6.07) is 2.93. The number of rotatable bonds is 4. The molecule has 10 heteroatoms. The highest BCUT2D eigenvalue weighted by Crippen LogP contribution is 2.35. The third kappa shape index (κ3) is 3.49. The number of hydrogen-bond donors (Lipinski definition) is 1. The predicted molar refractivity (Wildman–Crippen MR) is 78.6 cm³/mol. The maximum atomic E-state index is 12.0. The number of nitrogens with zero attached hydrogens (tertiary/aromatic N) is 2. The van der Waals surface area contributed by atoms with Crippen LogP contribution in [0.15, 0.2) is 22.4 Å². The van der Waals surface area contributed by atoms with Gasteiger partial charge >= 0.3 is 0 Å². The van der Waals surface area contributed by atoms with E-state index in [1.165, 1.54) is 18.6 Å². The van der Waals surface area contributed by atoms with Crippen molar-refractivity contribution in [2.75, 3.05) is 12.4 Å². The number of ether oxygens (including phenoxy) is 1. The third-order valence-corrected chi connectivity index (χ3v) is 4.34. The Kier molecular flexibility index (Phi) is 4.45. The van der Waals surface area contributed by atoms with Gasteiger partial charge in [-0.3, -0.25) is 4.79 Å². The average Bonchev–Trinajstić information content (AvgIpc) is 2.91. The molecule has 7 nitrogen and oxygen atoms in total. The molecule has 2 aromatic rings. The minimum Gasteiger partial charge on any atom is -0.493 e. The molecule has 0 aliphatic carbocycles. The monoisotopic (exact) mass is 347 g/mol. The van der Waals surface area contributed by atoms with Crippen LogP contribution >= 0.6 is 22.2 Å². The van der Waals surface area contributed by atoms with E-state index in [1.807, 2.05) is 0 Å². The van der Waals surface area contributed by atoms with Gasteiger partial charge in [-0.05, 0) is 36.2 Å². The number of carbonyl (C=O) groups is 1. The number of halogens is 1. The van der Waals surface area contributed by atoms with Gasteiger partial charge in [0, 0.05) is 16.1 Å². The Morgan fingerprint density at radius 1 is 1.43 bits per heavy atom. The second kappa shape index (κ2) is 5.96. The highest BCUT2D eigenvalue weighted by molar-refractivity contribution is 8.13. The van der Waals surface area contributed by atoms with E-state index in [0.717, 1.165) is 11.5 Å². The molecule has 0 aliphatic rings. The van der Waals surface area contributed by atoms with Gasteiger partial charge in [0.15, 0.2) is 11.4 Å². The summed E-state index contributed by atoms with van der Waals surface area (Å²) in [6.07, 6.45) is 0. The zero-order valence-electron chi connectivity index (χ0n) is 11.0. The third-order valence-electron chi connectivity index (χ3n) is 2.51. The van der Waals surface area contributed by atoms with Crippen molar-refractivity contribution < 1.29 is 17.9 Å². The fourth-order valence-electron chi connectivity index (χ4n) is 1.67. The molecule has 112 valence electrons. The second-order valence-corrected chi connectivity index (χ2v) is 7.17. The Morgan fingerprint density at radius 3 is 2.67 bits per heavy atom. The van der Waals surface area contributed by atoms with Crippen LogP contribution in [0.1, 0.15) is 16.1 Å². The van der Waals surface area contributed by atoms with E-state index in [9.17, 15) is 13.2 Å². The van der Waals surface area contributed by atoms with E-state index in [2.05, 4.69) is 14.9 Å². The lowest BCUT2D eigenvalue weighted by Gasteiger charge is -2.13. The number of anilines is 1. The SMILES string of the molecule is COc1c(NC(=O)c2csnn2)cc(C)cc1S(=O)(=O)Cl. The molecule has 0 atom stereocenters. The van der Waals surface area contributed by atoms with Crippen LogP contribution in [-0.2, 0) is 9.05 Å². The quantitative estimate of drug-likeness (QED) is 0.850. The lowest BCUT2D eigenvalue weighted by Crippen LogP contribution is -2.14. The van der Waals surface area contributed by atoms with E-state index in [-0.39, 0.29) is 22.0 Å². The van der Waals surface area contributed by atoms with Crippen molar-refractivity contribution in [2.45, 2.75) is 11.8 Å². The largest absolute Gasteiger partial charge is 0.493 e. The summed E-state index contributed by atoms with van der Waals surface area (Å²) in [5.74, 6) is -0.558. The first kappa shape index (κ1) is 15.7. The molecule has 1 amide bonds. The standard InChI is InChI=1S/C11H10ClN3O4S2/c1-6-3-7(13-11(16)8-5-20-15-14-8)10(19-2)9(4-6)21(12,17)18/h3-5H,1-2H3,(H,13,16). The molecule has 21 heavy (non-hydrogen) atoms. The first-order chi connectivity index (χ1) is 9.82. The van der Waals surface area contributed by atoms with Crippen molar-refractivity contribution in [3.8, 4) is 5.75 Å². The number of amides is 1. The molecule has 0 unspecified atom stereocenters. The molecule has 1 aromatic heterocycles. The summed E-state index contributed by atoms with van der Waals surface area (Å²) >= 11 is 1.03. The van der Waals surface area contributed by atoms with Crippen LogP contribution in [0.2, 0.25) is 0 Å². The summed E-state index contributed by atoms with van der Waals surface area (Å²) in [5.41, 5.74) is 0.912. The number of nitrogens with one attached hydrogen (secondary N) is 1. The first-order valence-corrected chi connectivity index (χ1v) is 8.69. The van der Waals surface area contributed by atoms with Crippen molar-refractivity contribution in [2.24, 2.45) is 0 Å². The maximum Gasteiger partial charge on any atom is 0.277 e. The molecule has 0 saturated carbocycles. The number of benzene rings is 1. The van der Waals surface area contributed by atoms with Gasteiger partial charge in [0.05, 0.1) is 12.8 Å². The Morgan fingerprint density at radius 2 is 2.14 bits per heavy atom. The molecule has 1 heterocycles. The van der Waals surface area contributed by atoms with Crippen molar-refractivity contribution in [3.05, 3.63) is 28.8 Å². The van der Waals surface area contributed by atoms with Crippen LogP contribution in [0, 0.1) is 6.92 Å². The lowest BCUT2D eigenvalue weighted by atomic mass is 10.2. The molecule has 0 radical (unpaired) electrons. The van der Waals surface area contributed by atoms with Crippen LogP contribution in [0.25, 0.3) is 0 Å². The van der Waals surface area contributed by atoms with E-state index >= 15 is 0 Å². The average molecular weight is 348 g/mol. The fourth-order valence-corrected chi connectivity index (χ4v) is 3.20. The molecule has 0 spiro atoms. The van der Waals surface area contributed by atoms with Crippen molar-refractivity contribution in [1.82, 2.24) is 9.59 Å². The van der Waals surface area contributed by atoms with E-state index in [4.69, 9.17) is 15.4 Å². The van der Waals surface area contributed by atoms with Gasteiger partial charge in [0.25, 0.3) is 15.0 Å². The van der Waals surface area contributed by atoms with Gasteiger partial charge in [0.1, 0.15) is 4.90 Å². The zero-order valence-corrected chi connectivity index (χ0v) is 13.3. The number of carbonyl (C=O) groups excluding carboxylic acids is 1. The Bertz CT molecular complexity index is 775. The van der Waals surface area contributed by atoms with Gasteiger partial charge in [-0.25, -0.2) is 8.42 Å². The molecule has 0 aliphatic heterocycles. The predicted octanol–water partition coefficient (Wildman–Crippen LogP) is 2.03. The maximum absolute atomic E-state index is 12.0. The first-order valence-electron chi connectivity index (χ1n) is 5.54. The second-order valence-electron chi connectivity index (χ2n) is 4.03. The number of hydrogen-bond acceptors (Lipinski definition) is 7. The summed E-state index contributed by atoms with van der Waals surface area (Å²) in [6.45, 7) is 1.67. The fraction of sp³-hybridized carbons (Fsp3) is 0.182. The van der Waals surface area contributed by atoms with Gasteiger partial charge in [0.2, 0.25) is 0 Å². The summed E-state index contributed by atoms with van der Waals surface area (Å²) in [7, 11) is 2.66. The number of methoxy groups -OCH3 is 1. The summed E-state index contributed by atoms with van der Waals surface area (Å²) in [4.78, 5) is 11.8.